The van der Waals surface area contributed by atoms with E-state index in [-0.39, 0.29) is 22.3 Å². The van der Waals surface area contributed by atoms with Gasteiger partial charge in [-0.3, -0.25) is 14.5 Å². The Labute approximate surface area is 178 Å². The van der Waals surface area contributed by atoms with Gasteiger partial charge >= 0.3 is 6.18 Å². The number of aryl methyl sites for hydroxylation is 2. The molecule has 1 atom stereocenters. The van der Waals surface area contributed by atoms with Crippen LogP contribution in [0.5, 0.6) is 0 Å². The number of aromatic nitrogens is 4. The maximum Gasteiger partial charge on any atom is 0.409 e. The van der Waals surface area contributed by atoms with Gasteiger partial charge in [-0.15, -0.1) is 5.10 Å². The number of hydrogen-bond donors (Lipinski definition) is 1. The monoisotopic (exact) mass is 450 g/mol. The first-order valence-corrected chi connectivity index (χ1v) is 10.2. The van der Waals surface area contributed by atoms with E-state index in [0.29, 0.717) is 10.7 Å². The Kier molecular flexibility index (Phi) is 5.33. The summed E-state index contributed by atoms with van der Waals surface area (Å²) in [5.74, 6) is -1.62. The second-order valence-electron chi connectivity index (χ2n) is 7.02. The summed E-state index contributed by atoms with van der Waals surface area (Å²) in [6.45, 7) is 3.63. The van der Waals surface area contributed by atoms with Gasteiger partial charge in [-0.1, -0.05) is 23.9 Å². The molecule has 1 aliphatic rings. The molecule has 0 fully saturated rings. The minimum Gasteiger partial charge on any atom is -0.324 e. The molecule has 1 N–H and O–H groups in total. The van der Waals surface area contributed by atoms with Crippen LogP contribution in [0.15, 0.2) is 35.5 Å². The molecule has 3 aromatic rings. The Morgan fingerprint density at radius 2 is 2.00 bits per heavy atom. The van der Waals surface area contributed by atoms with Crippen LogP contribution in [0, 0.1) is 13.8 Å². The van der Waals surface area contributed by atoms with E-state index in [1.54, 1.807) is 13.0 Å². The standard InChI is InChI=1S/C19H17F3N6O2S/c1-10-7-11(2)28-17(23-10)25-18(26-28)31-9-16(30)27-13-6-4-3-5-12(13)24-15(29)8-14(27)19(20,21)22/h3-7,14H,8-9H2,1-2H3,(H,24,29)/t14-/m0/s1. The van der Waals surface area contributed by atoms with Gasteiger partial charge in [0, 0.05) is 11.4 Å². The van der Waals surface area contributed by atoms with Crippen molar-refractivity contribution in [3.05, 3.63) is 41.7 Å². The van der Waals surface area contributed by atoms with Gasteiger partial charge in [0.2, 0.25) is 17.0 Å². The molecule has 0 bridgehead atoms. The third-order valence-electron chi connectivity index (χ3n) is 4.70. The molecular weight excluding hydrogens is 433 g/mol. The zero-order chi connectivity index (χ0) is 22.3. The fourth-order valence-corrected chi connectivity index (χ4v) is 4.08. The molecule has 1 aliphatic heterocycles. The first kappa shape index (κ1) is 21.1. The first-order chi connectivity index (χ1) is 14.6. The van der Waals surface area contributed by atoms with Crippen LogP contribution in [0.2, 0.25) is 0 Å². The van der Waals surface area contributed by atoms with Crippen molar-refractivity contribution in [3.63, 3.8) is 0 Å². The fourth-order valence-electron chi connectivity index (χ4n) is 3.40. The van der Waals surface area contributed by atoms with Crippen LogP contribution in [0.3, 0.4) is 0 Å². The molecule has 1 aromatic carbocycles. The second kappa shape index (κ2) is 7.84. The zero-order valence-electron chi connectivity index (χ0n) is 16.5. The van der Waals surface area contributed by atoms with Gasteiger partial charge in [-0.25, -0.2) is 9.50 Å². The number of carbonyl (C=O) groups excluding carboxylic acids is 2. The van der Waals surface area contributed by atoms with Crippen molar-refractivity contribution >= 4 is 40.7 Å². The highest BCUT2D eigenvalue weighted by Crippen LogP contribution is 2.38. The van der Waals surface area contributed by atoms with Gasteiger partial charge in [-0.05, 0) is 32.0 Å². The number of carbonyl (C=O) groups is 2. The molecule has 2 amide bonds. The highest BCUT2D eigenvalue weighted by atomic mass is 32.2. The molecule has 162 valence electrons. The Morgan fingerprint density at radius 1 is 1.26 bits per heavy atom. The summed E-state index contributed by atoms with van der Waals surface area (Å²) in [5, 5.41) is 6.91. The van der Waals surface area contributed by atoms with Crippen LogP contribution >= 0.6 is 11.8 Å². The van der Waals surface area contributed by atoms with E-state index in [0.717, 1.165) is 23.1 Å². The Balaban J connectivity index is 1.63. The summed E-state index contributed by atoms with van der Waals surface area (Å²) in [7, 11) is 0. The summed E-state index contributed by atoms with van der Waals surface area (Å²) in [6.07, 6.45) is -5.67. The smallest absolute Gasteiger partial charge is 0.324 e. The molecule has 4 rings (SSSR count). The first-order valence-electron chi connectivity index (χ1n) is 9.25. The zero-order valence-corrected chi connectivity index (χ0v) is 17.3. The Bertz CT molecular complexity index is 1180. The molecule has 0 saturated heterocycles. The van der Waals surface area contributed by atoms with Gasteiger partial charge in [0.05, 0.1) is 23.5 Å². The number of halogens is 3. The molecule has 0 saturated carbocycles. The lowest BCUT2D eigenvalue weighted by molar-refractivity contribution is -0.157. The number of nitrogens with zero attached hydrogens (tertiary/aromatic N) is 5. The molecule has 0 unspecified atom stereocenters. The van der Waals surface area contributed by atoms with Crippen LogP contribution in [-0.4, -0.2) is 49.4 Å². The summed E-state index contributed by atoms with van der Waals surface area (Å²) >= 11 is 0.910. The SMILES string of the molecule is Cc1cc(C)n2nc(SCC(=O)N3c4ccccc4NC(=O)C[C@H]3C(F)(F)F)nc2n1. The summed E-state index contributed by atoms with van der Waals surface area (Å²) in [6, 6.07) is 5.46. The van der Waals surface area contributed by atoms with Crippen LogP contribution in [0.25, 0.3) is 5.78 Å². The normalized spacial score (nSPS) is 16.7. The van der Waals surface area contributed by atoms with Crippen molar-refractivity contribution in [1.82, 2.24) is 19.6 Å². The maximum absolute atomic E-state index is 13.8. The van der Waals surface area contributed by atoms with Gasteiger partial charge in [0.15, 0.2) is 0 Å². The molecule has 3 heterocycles. The lowest BCUT2D eigenvalue weighted by atomic mass is 10.1. The molecule has 8 nitrogen and oxygen atoms in total. The van der Waals surface area contributed by atoms with E-state index in [4.69, 9.17) is 0 Å². The minimum absolute atomic E-state index is 0.00243. The average Bonchev–Trinajstić information content (AvgIpc) is 3.02. The predicted octanol–water partition coefficient (Wildman–Crippen LogP) is 3.14. The number of anilines is 2. The Morgan fingerprint density at radius 3 is 2.74 bits per heavy atom. The second-order valence-corrected chi connectivity index (χ2v) is 7.97. The van der Waals surface area contributed by atoms with Crippen molar-refractivity contribution in [1.29, 1.82) is 0 Å². The lowest BCUT2D eigenvalue weighted by Crippen LogP contribution is -2.50. The maximum atomic E-state index is 13.8. The van der Waals surface area contributed by atoms with Crippen LogP contribution in [0.1, 0.15) is 17.8 Å². The molecule has 31 heavy (non-hydrogen) atoms. The number of amides is 2. The van der Waals surface area contributed by atoms with E-state index >= 15 is 0 Å². The number of rotatable bonds is 3. The number of alkyl halides is 3. The van der Waals surface area contributed by atoms with Gasteiger partial charge in [-0.2, -0.15) is 18.2 Å². The molecule has 12 heteroatoms. The number of fused-ring (bicyclic) bond motifs is 2. The largest absolute Gasteiger partial charge is 0.409 e. The van der Waals surface area contributed by atoms with Crippen LogP contribution in [-0.2, 0) is 9.59 Å². The lowest BCUT2D eigenvalue weighted by Gasteiger charge is -2.31. The van der Waals surface area contributed by atoms with Crippen molar-refractivity contribution in [2.24, 2.45) is 0 Å². The van der Waals surface area contributed by atoms with Crippen LogP contribution < -0.4 is 10.2 Å². The topological polar surface area (TPSA) is 92.5 Å². The van der Waals surface area contributed by atoms with E-state index in [2.05, 4.69) is 20.4 Å². The van der Waals surface area contributed by atoms with Gasteiger partial charge in [0.1, 0.15) is 6.04 Å². The number of para-hydroxylation sites is 2. The predicted molar refractivity (Wildman–Crippen MR) is 108 cm³/mol. The molecule has 0 spiro atoms. The highest BCUT2D eigenvalue weighted by Gasteiger charge is 2.48. The van der Waals surface area contributed by atoms with Gasteiger partial charge < -0.3 is 5.32 Å². The third kappa shape index (κ3) is 4.20. The minimum atomic E-state index is -4.78. The van der Waals surface area contributed by atoms with E-state index in [1.807, 2.05) is 13.0 Å². The highest BCUT2D eigenvalue weighted by molar-refractivity contribution is 7.99. The molecule has 0 aliphatic carbocycles. The van der Waals surface area contributed by atoms with Crippen molar-refractivity contribution < 1.29 is 22.8 Å². The van der Waals surface area contributed by atoms with Crippen molar-refractivity contribution in [2.45, 2.75) is 37.6 Å². The molecular formula is C19H17F3N6O2S. The quantitative estimate of drug-likeness (QED) is 0.617. The molecule has 0 radical (unpaired) electrons. The van der Waals surface area contributed by atoms with Crippen LogP contribution in [0.4, 0.5) is 24.5 Å². The van der Waals surface area contributed by atoms with Crippen molar-refractivity contribution in [2.75, 3.05) is 16.0 Å². The van der Waals surface area contributed by atoms with E-state index in [9.17, 15) is 22.8 Å². The van der Waals surface area contributed by atoms with E-state index in [1.165, 1.54) is 22.7 Å². The number of benzene rings is 1. The number of hydrogen-bond acceptors (Lipinski definition) is 6. The summed E-state index contributed by atoms with van der Waals surface area (Å²) < 4.78 is 42.8. The number of nitrogens with one attached hydrogen (secondary N) is 1. The third-order valence-corrected chi connectivity index (χ3v) is 5.52. The summed E-state index contributed by atoms with van der Waals surface area (Å²) in [5.41, 5.74) is 1.68. The van der Waals surface area contributed by atoms with Gasteiger partial charge in [0.25, 0.3) is 5.78 Å². The Hall–Kier alpha value is -3.15. The van der Waals surface area contributed by atoms with E-state index < -0.39 is 30.5 Å². The average molecular weight is 450 g/mol. The summed E-state index contributed by atoms with van der Waals surface area (Å²) in [4.78, 5) is 34.1. The molecule has 2 aromatic heterocycles. The fraction of sp³-hybridized carbons (Fsp3) is 0.316. The van der Waals surface area contributed by atoms with Crippen molar-refractivity contribution in [3.8, 4) is 0 Å². The number of thioether (sulfide) groups is 1.